The van der Waals surface area contributed by atoms with E-state index in [1.807, 2.05) is 0 Å². The Morgan fingerprint density at radius 1 is 1.03 bits per heavy atom. The van der Waals surface area contributed by atoms with Gasteiger partial charge in [-0.15, -0.1) is 11.3 Å². The maximum atomic E-state index is 13.8. The van der Waals surface area contributed by atoms with E-state index in [1.54, 1.807) is 35.7 Å². The van der Waals surface area contributed by atoms with Gasteiger partial charge in [-0.2, -0.15) is 23.4 Å². The molecule has 4 heterocycles. The number of carbonyl (C=O) groups excluding carboxylic acids is 1. The minimum absolute atomic E-state index is 0.00909. The number of thiophene rings is 1. The monoisotopic (exact) mass is 570 g/mol. The van der Waals surface area contributed by atoms with Gasteiger partial charge in [0, 0.05) is 27.9 Å². The fourth-order valence-corrected chi connectivity index (χ4v) is 4.82. The Bertz CT molecular complexity index is 1580. The number of anilines is 1. The molecule has 0 atom stereocenters. The first kappa shape index (κ1) is 24.6. The molecule has 0 spiro atoms. The van der Waals surface area contributed by atoms with Gasteiger partial charge in [0.15, 0.2) is 22.9 Å². The molecule has 0 unspecified atom stereocenters. The predicted octanol–water partition coefficient (Wildman–Crippen LogP) is 6.93. The topological polar surface area (TPSA) is 77.1 Å². The second-order valence-corrected chi connectivity index (χ2v) is 9.65. The number of hydrogen-bond donors (Lipinski definition) is 1. The molecule has 14 heteroatoms. The molecule has 1 amide bonds. The molecule has 36 heavy (non-hydrogen) atoms. The molecule has 184 valence electrons. The lowest BCUT2D eigenvalue weighted by molar-refractivity contribution is -0.142. The Morgan fingerprint density at radius 3 is 2.44 bits per heavy atom. The molecule has 0 bridgehead atoms. The van der Waals surface area contributed by atoms with E-state index in [0.717, 1.165) is 12.1 Å². The van der Waals surface area contributed by atoms with Crippen molar-refractivity contribution >= 4 is 63.5 Å². The van der Waals surface area contributed by atoms with Gasteiger partial charge in [0.2, 0.25) is 0 Å². The number of carbonyl (C=O) groups is 1. The van der Waals surface area contributed by atoms with Gasteiger partial charge in [-0.3, -0.25) is 9.48 Å². The van der Waals surface area contributed by atoms with E-state index < -0.39 is 17.8 Å². The molecule has 7 nitrogen and oxygen atoms in total. The van der Waals surface area contributed by atoms with Crippen molar-refractivity contribution in [1.82, 2.24) is 24.4 Å². The summed E-state index contributed by atoms with van der Waals surface area (Å²) >= 11 is 19.8. The zero-order chi connectivity index (χ0) is 25.6. The number of amides is 1. The molecule has 4 aromatic heterocycles. The number of hydrogen-bond acceptors (Lipinski definition) is 5. The van der Waals surface area contributed by atoms with Gasteiger partial charge in [-0.05, 0) is 29.6 Å². The zero-order valence-electron chi connectivity index (χ0n) is 17.7. The van der Waals surface area contributed by atoms with Crippen molar-refractivity contribution in [2.45, 2.75) is 12.7 Å². The number of alkyl halides is 3. The summed E-state index contributed by atoms with van der Waals surface area (Å²) in [5, 5.41) is 13.2. The van der Waals surface area contributed by atoms with Crippen molar-refractivity contribution in [1.29, 1.82) is 0 Å². The lowest BCUT2D eigenvalue weighted by Crippen LogP contribution is -2.16. The van der Waals surface area contributed by atoms with Crippen LogP contribution in [0.1, 0.15) is 21.7 Å². The summed E-state index contributed by atoms with van der Waals surface area (Å²) in [6.07, 6.45) is -3.27. The Balaban J connectivity index is 1.45. The predicted molar refractivity (Wildman–Crippen MR) is 132 cm³/mol. The molecular formula is C22H12Cl3F3N6OS. The van der Waals surface area contributed by atoms with E-state index in [-0.39, 0.29) is 34.4 Å². The van der Waals surface area contributed by atoms with E-state index in [9.17, 15) is 18.0 Å². The molecule has 5 aromatic rings. The second-order valence-electron chi connectivity index (χ2n) is 7.48. The van der Waals surface area contributed by atoms with Gasteiger partial charge in [0.05, 0.1) is 17.1 Å². The minimum atomic E-state index is -4.73. The third-order valence-corrected chi connectivity index (χ3v) is 6.93. The van der Waals surface area contributed by atoms with E-state index in [2.05, 4.69) is 20.5 Å². The quantitative estimate of drug-likeness (QED) is 0.248. The molecular weight excluding hydrogens is 560 g/mol. The SMILES string of the molecule is O=C(Nc1nn(Cc2c(Cl)cccc2Cl)cc1Cl)c1cc2nc(-c3cccs3)cc(C(F)(F)F)n2n1. The van der Waals surface area contributed by atoms with Crippen LogP contribution in [0.3, 0.4) is 0 Å². The highest BCUT2D eigenvalue weighted by molar-refractivity contribution is 7.13. The van der Waals surface area contributed by atoms with Gasteiger partial charge in [0.1, 0.15) is 5.02 Å². The van der Waals surface area contributed by atoms with E-state index >= 15 is 0 Å². The van der Waals surface area contributed by atoms with Crippen LogP contribution in [-0.4, -0.2) is 30.3 Å². The normalized spacial score (nSPS) is 11.8. The first-order valence-corrected chi connectivity index (χ1v) is 12.1. The average Bonchev–Trinajstić information content (AvgIpc) is 3.55. The number of rotatable bonds is 5. The molecule has 0 fully saturated rings. The number of nitrogens with zero attached hydrogens (tertiary/aromatic N) is 5. The van der Waals surface area contributed by atoms with E-state index in [1.165, 1.54) is 22.2 Å². The molecule has 1 aromatic carbocycles. The van der Waals surface area contributed by atoms with Crippen LogP contribution in [0, 0.1) is 0 Å². The fourth-order valence-electron chi connectivity index (χ4n) is 3.42. The largest absolute Gasteiger partial charge is 0.433 e. The van der Waals surface area contributed by atoms with Crippen LogP contribution in [0.2, 0.25) is 15.1 Å². The van der Waals surface area contributed by atoms with Crippen LogP contribution in [0.4, 0.5) is 19.0 Å². The lowest BCUT2D eigenvalue weighted by Gasteiger charge is -2.10. The third kappa shape index (κ3) is 4.79. The van der Waals surface area contributed by atoms with Crippen molar-refractivity contribution in [2.75, 3.05) is 5.32 Å². The first-order valence-electron chi connectivity index (χ1n) is 10.1. The minimum Gasteiger partial charge on any atom is -0.302 e. The highest BCUT2D eigenvalue weighted by Gasteiger charge is 2.36. The summed E-state index contributed by atoms with van der Waals surface area (Å²) in [4.78, 5) is 17.6. The summed E-state index contributed by atoms with van der Waals surface area (Å²) in [5.74, 6) is -0.820. The first-order chi connectivity index (χ1) is 17.1. The number of nitrogens with one attached hydrogen (secondary N) is 1. The van der Waals surface area contributed by atoms with Crippen LogP contribution in [0.25, 0.3) is 16.2 Å². The van der Waals surface area contributed by atoms with Crippen molar-refractivity contribution in [3.05, 3.63) is 86.1 Å². The highest BCUT2D eigenvalue weighted by Crippen LogP contribution is 2.34. The number of fused-ring (bicyclic) bond motifs is 1. The molecule has 0 saturated carbocycles. The maximum absolute atomic E-state index is 13.8. The molecule has 1 N–H and O–H groups in total. The van der Waals surface area contributed by atoms with Gasteiger partial charge < -0.3 is 5.32 Å². The van der Waals surface area contributed by atoms with E-state index in [4.69, 9.17) is 34.8 Å². The van der Waals surface area contributed by atoms with Gasteiger partial charge >= 0.3 is 6.18 Å². The molecule has 5 rings (SSSR count). The summed E-state index contributed by atoms with van der Waals surface area (Å²) in [7, 11) is 0. The van der Waals surface area contributed by atoms with Gasteiger partial charge in [-0.25, -0.2) is 9.50 Å². The van der Waals surface area contributed by atoms with Gasteiger partial charge in [0.25, 0.3) is 5.91 Å². The Labute approximate surface area is 220 Å². The van der Waals surface area contributed by atoms with Crippen LogP contribution >= 0.6 is 46.1 Å². The van der Waals surface area contributed by atoms with E-state index in [0.29, 0.717) is 25.0 Å². The third-order valence-electron chi connectivity index (χ3n) is 5.05. The van der Waals surface area contributed by atoms with Crippen molar-refractivity contribution in [3.8, 4) is 10.6 Å². The van der Waals surface area contributed by atoms with Crippen LogP contribution in [-0.2, 0) is 12.7 Å². The molecule has 0 aliphatic heterocycles. The highest BCUT2D eigenvalue weighted by atomic mass is 35.5. The molecule has 0 radical (unpaired) electrons. The maximum Gasteiger partial charge on any atom is 0.433 e. The Hall–Kier alpha value is -3.12. The summed E-state index contributed by atoms with van der Waals surface area (Å²) < 4.78 is 43.3. The van der Waals surface area contributed by atoms with Crippen LogP contribution in [0.15, 0.2) is 54.0 Å². The fraction of sp³-hybridized carbons (Fsp3) is 0.0909. The average molecular weight is 572 g/mol. The number of halogens is 6. The summed E-state index contributed by atoms with van der Waals surface area (Å²) in [6.45, 7) is 0.173. The Kier molecular flexibility index (Phi) is 6.41. The Morgan fingerprint density at radius 2 is 1.78 bits per heavy atom. The summed E-state index contributed by atoms with van der Waals surface area (Å²) in [5.41, 5.74) is -0.768. The molecule has 0 saturated heterocycles. The van der Waals surface area contributed by atoms with Crippen molar-refractivity contribution < 1.29 is 18.0 Å². The van der Waals surface area contributed by atoms with Crippen molar-refractivity contribution in [3.63, 3.8) is 0 Å². The van der Waals surface area contributed by atoms with Crippen LogP contribution in [0.5, 0.6) is 0 Å². The number of aromatic nitrogens is 5. The summed E-state index contributed by atoms with van der Waals surface area (Å²) in [6, 6.07) is 10.5. The van der Waals surface area contributed by atoms with Crippen molar-refractivity contribution in [2.24, 2.45) is 0 Å². The smallest absolute Gasteiger partial charge is 0.302 e. The van der Waals surface area contributed by atoms with Gasteiger partial charge in [-0.1, -0.05) is 46.9 Å². The molecule has 0 aliphatic carbocycles. The standard InChI is InChI=1S/C22H12Cl3F3N6OS/c23-12-3-1-4-13(24)11(12)9-33-10-14(25)20(32-33)30-21(35)16-8-19-29-15(17-5-2-6-36-17)7-18(22(26,27)28)34(19)31-16/h1-8,10H,9H2,(H,30,32,35). The zero-order valence-corrected chi connectivity index (χ0v) is 20.8. The number of benzene rings is 1. The second kappa shape index (κ2) is 9.40. The lowest BCUT2D eigenvalue weighted by atomic mass is 10.2. The molecule has 0 aliphatic rings. The van der Waals surface area contributed by atoms with Crippen LogP contribution < -0.4 is 5.32 Å².